The highest BCUT2D eigenvalue weighted by molar-refractivity contribution is 5.55. The Hall–Kier alpha value is -2.24. The Balaban J connectivity index is 2.50. The SMILES string of the molecule is Cn1nc([N+](=O)[O-])nc1-c1ccccc1. The third-order valence-corrected chi connectivity index (χ3v) is 1.95. The molecule has 2 aromatic rings. The monoisotopic (exact) mass is 204 g/mol. The fourth-order valence-electron chi connectivity index (χ4n) is 1.29. The quantitative estimate of drug-likeness (QED) is 0.547. The maximum Gasteiger partial charge on any atom is 0.491 e. The smallest absolute Gasteiger partial charge is 0.390 e. The maximum absolute atomic E-state index is 10.5. The minimum atomic E-state index is -0.605. The van der Waals surface area contributed by atoms with Crippen molar-refractivity contribution < 1.29 is 4.92 Å². The Morgan fingerprint density at radius 3 is 2.53 bits per heavy atom. The van der Waals surface area contributed by atoms with Crippen molar-refractivity contribution in [2.75, 3.05) is 0 Å². The minimum absolute atomic E-state index is 0.378. The molecule has 0 aliphatic heterocycles. The molecule has 2 rings (SSSR count). The molecule has 76 valence electrons. The summed E-state index contributed by atoms with van der Waals surface area (Å²) in [5.41, 5.74) is 0.806. The van der Waals surface area contributed by atoms with Crippen LogP contribution >= 0.6 is 0 Å². The number of aryl methyl sites for hydroxylation is 1. The summed E-state index contributed by atoms with van der Waals surface area (Å²) in [6.45, 7) is 0. The first-order valence-electron chi connectivity index (χ1n) is 4.29. The van der Waals surface area contributed by atoms with Crippen molar-refractivity contribution in [2.45, 2.75) is 0 Å². The van der Waals surface area contributed by atoms with E-state index in [4.69, 9.17) is 0 Å². The van der Waals surface area contributed by atoms with E-state index in [-0.39, 0.29) is 5.95 Å². The lowest BCUT2D eigenvalue weighted by molar-refractivity contribution is -0.394. The molecule has 0 spiro atoms. The zero-order chi connectivity index (χ0) is 10.8. The fraction of sp³-hybridized carbons (Fsp3) is 0.111. The van der Waals surface area contributed by atoms with E-state index in [1.165, 1.54) is 4.68 Å². The van der Waals surface area contributed by atoms with Crippen LogP contribution in [0.3, 0.4) is 0 Å². The number of benzene rings is 1. The van der Waals surface area contributed by atoms with Crippen LogP contribution in [0.5, 0.6) is 0 Å². The van der Waals surface area contributed by atoms with Gasteiger partial charge in [-0.05, 0) is 22.0 Å². The van der Waals surface area contributed by atoms with Gasteiger partial charge in [-0.1, -0.05) is 18.2 Å². The third kappa shape index (κ3) is 1.69. The van der Waals surface area contributed by atoms with Gasteiger partial charge in [0.2, 0.25) is 5.82 Å². The predicted molar refractivity (Wildman–Crippen MR) is 53.1 cm³/mol. The zero-order valence-electron chi connectivity index (χ0n) is 7.99. The molecular weight excluding hydrogens is 196 g/mol. The second-order valence-electron chi connectivity index (χ2n) is 2.98. The summed E-state index contributed by atoms with van der Waals surface area (Å²) in [5.74, 6) is 0.110. The van der Waals surface area contributed by atoms with Gasteiger partial charge in [0.05, 0.1) is 0 Å². The lowest BCUT2D eigenvalue weighted by Gasteiger charge is -1.92. The van der Waals surface area contributed by atoms with E-state index in [2.05, 4.69) is 10.1 Å². The highest BCUT2D eigenvalue weighted by Gasteiger charge is 2.19. The van der Waals surface area contributed by atoms with E-state index in [1.807, 2.05) is 30.3 Å². The molecule has 0 atom stereocenters. The standard InChI is InChI=1S/C9H8N4O2/c1-12-8(7-5-3-2-4-6-7)10-9(11-12)13(14)15/h2-6H,1H3. The second-order valence-corrected chi connectivity index (χ2v) is 2.98. The van der Waals surface area contributed by atoms with Crippen LogP contribution in [0.25, 0.3) is 11.4 Å². The maximum atomic E-state index is 10.5. The van der Waals surface area contributed by atoms with E-state index in [9.17, 15) is 10.1 Å². The van der Waals surface area contributed by atoms with Gasteiger partial charge in [0.25, 0.3) is 0 Å². The van der Waals surface area contributed by atoms with Gasteiger partial charge in [0.15, 0.2) is 0 Å². The van der Waals surface area contributed by atoms with Crippen LogP contribution in [0.4, 0.5) is 5.95 Å². The van der Waals surface area contributed by atoms with Crippen molar-refractivity contribution in [1.82, 2.24) is 14.8 Å². The largest absolute Gasteiger partial charge is 0.491 e. The Labute approximate surface area is 85.3 Å². The van der Waals surface area contributed by atoms with E-state index >= 15 is 0 Å². The summed E-state index contributed by atoms with van der Waals surface area (Å²) in [5, 5.41) is 14.2. The van der Waals surface area contributed by atoms with Crippen molar-refractivity contribution in [3.8, 4) is 11.4 Å². The lowest BCUT2D eigenvalue weighted by atomic mass is 10.2. The molecule has 15 heavy (non-hydrogen) atoms. The molecule has 6 nitrogen and oxygen atoms in total. The summed E-state index contributed by atoms with van der Waals surface area (Å²) in [6.07, 6.45) is 0. The number of hydrogen-bond donors (Lipinski definition) is 0. The predicted octanol–water partition coefficient (Wildman–Crippen LogP) is 1.39. The van der Waals surface area contributed by atoms with Crippen LogP contribution in [0, 0.1) is 10.1 Å². The van der Waals surface area contributed by atoms with Crippen LogP contribution in [-0.2, 0) is 7.05 Å². The molecule has 0 saturated carbocycles. The summed E-state index contributed by atoms with van der Waals surface area (Å²) in [4.78, 5) is 13.7. The van der Waals surface area contributed by atoms with Gasteiger partial charge in [0, 0.05) is 17.7 Å². The highest BCUT2D eigenvalue weighted by Crippen LogP contribution is 2.17. The Morgan fingerprint density at radius 2 is 2.00 bits per heavy atom. The number of rotatable bonds is 2. The van der Waals surface area contributed by atoms with Crippen molar-refractivity contribution >= 4 is 5.95 Å². The third-order valence-electron chi connectivity index (χ3n) is 1.95. The van der Waals surface area contributed by atoms with Crippen LogP contribution < -0.4 is 0 Å². The van der Waals surface area contributed by atoms with Crippen molar-refractivity contribution in [2.24, 2.45) is 7.05 Å². The average molecular weight is 204 g/mol. The van der Waals surface area contributed by atoms with Crippen molar-refractivity contribution in [3.05, 3.63) is 40.4 Å². The van der Waals surface area contributed by atoms with Crippen molar-refractivity contribution in [3.63, 3.8) is 0 Å². The van der Waals surface area contributed by atoms with Crippen LogP contribution in [0.15, 0.2) is 30.3 Å². The molecule has 0 radical (unpaired) electrons. The van der Waals surface area contributed by atoms with E-state index < -0.39 is 4.92 Å². The first-order chi connectivity index (χ1) is 7.18. The molecule has 0 N–H and O–H groups in total. The molecule has 1 aromatic heterocycles. The molecule has 1 heterocycles. The number of aromatic nitrogens is 3. The first kappa shape index (κ1) is 9.32. The molecule has 6 heteroatoms. The van der Waals surface area contributed by atoms with E-state index in [1.54, 1.807) is 7.05 Å². The van der Waals surface area contributed by atoms with Crippen molar-refractivity contribution in [1.29, 1.82) is 0 Å². The number of nitro groups is 1. The van der Waals surface area contributed by atoms with Gasteiger partial charge in [-0.3, -0.25) is 0 Å². The molecule has 0 fully saturated rings. The average Bonchev–Trinajstić information content (AvgIpc) is 2.62. The van der Waals surface area contributed by atoms with Gasteiger partial charge in [-0.2, -0.15) is 4.68 Å². The molecule has 0 aliphatic rings. The Kier molecular flexibility index (Phi) is 2.17. The molecule has 0 amide bonds. The van der Waals surface area contributed by atoms with Gasteiger partial charge >= 0.3 is 5.95 Å². The fourth-order valence-corrected chi connectivity index (χ4v) is 1.29. The Bertz CT molecular complexity index is 492. The molecule has 0 bridgehead atoms. The number of hydrogen-bond acceptors (Lipinski definition) is 4. The van der Waals surface area contributed by atoms with E-state index in [0.717, 1.165) is 5.56 Å². The lowest BCUT2D eigenvalue weighted by Crippen LogP contribution is -1.94. The molecule has 0 unspecified atom stereocenters. The number of nitrogens with zero attached hydrogens (tertiary/aromatic N) is 4. The van der Waals surface area contributed by atoms with Gasteiger partial charge in [0.1, 0.15) is 0 Å². The van der Waals surface area contributed by atoms with E-state index in [0.29, 0.717) is 5.82 Å². The second kappa shape index (κ2) is 3.49. The molecular formula is C9H8N4O2. The molecule has 0 saturated heterocycles. The summed E-state index contributed by atoms with van der Waals surface area (Å²) >= 11 is 0. The summed E-state index contributed by atoms with van der Waals surface area (Å²) in [7, 11) is 1.63. The highest BCUT2D eigenvalue weighted by atomic mass is 16.6. The van der Waals surface area contributed by atoms with Crippen LogP contribution in [-0.4, -0.2) is 19.7 Å². The normalized spacial score (nSPS) is 10.2. The first-order valence-corrected chi connectivity index (χ1v) is 4.29. The van der Waals surface area contributed by atoms with Gasteiger partial charge < -0.3 is 10.1 Å². The molecule has 1 aromatic carbocycles. The summed E-state index contributed by atoms with van der Waals surface area (Å²) in [6, 6.07) is 9.21. The minimum Gasteiger partial charge on any atom is -0.390 e. The topological polar surface area (TPSA) is 73.8 Å². The summed E-state index contributed by atoms with van der Waals surface area (Å²) < 4.78 is 1.40. The Morgan fingerprint density at radius 1 is 1.33 bits per heavy atom. The van der Waals surface area contributed by atoms with Gasteiger partial charge in [-0.15, -0.1) is 0 Å². The zero-order valence-corrected chi connectivity index (χ0v) is 7.99. The van der Waals surface area contributed by atoms with Crippen LogP contribution in [0.1, 0.15) is 0 Å². The van der Waals surface area contributed by atoms with Gasteiger partial charge in [-0.25, -0.2) is 0 Å². The molecule has 0 aliphatic carbocycles. The van der Waals surface area contributed by atoms with Crippen LogP contribution in [0.2, 0.25) is 0 Å².